The number of amides is 1. The minimum atomic E-state index is 0.214. The molecule has 3 rings (SSSR count). The van der Waals surface area contributed by atoms with Gasteiger partial charge in [-0.3, -0.25) is 4.79 Å². The van der Waals surface area contributed by atoms with E-state index in [1.807, 2.05) is 11.0 Å². The van der Waals surface area contributed by atoms with Crippen molar-refractivity contribution in [1.82, 2.24) is 10.2 Å². The van der Waals surface area contributed by atoms with Gasteiger partial charge in [-0.15, -0.1) is 0 Å². The minimum absolute atomic E-state index is 0.214. The fourth-order valence-electron chi connectivity index (χ4n) is 2.88. The molecule has 1 saturated heterocycles. The lowest BCUT2D eigenvalue weighted by Crippen LogP contribution is -2.31. The highest BCUT2D eigenvalue weighted by Gasteiger charge is 2.19. The summed E-state index contributed by atoms with van der Waals surface area (Å²) in [7, 11) is 0. The van der Waals surface area contributed by atoms with Gasteiger partial charge in [0.05, 0.1) is 0 Å². The van der Waals surface area contributed by atoms with Crippen LogP contribution in [0, 0.1) is 0 Å². The van der Waals surface area contributed by atoms with Crippen LogP contribution in [0.25, 0.3) is 0 Å². The third kappa shape index (κ3) is 2.27. The van der Waals surface area contributed by atoms with Crippen molar-refractivity contribution in [3.63, 3.8) is 0 Å². The summed E-state index contributed by atoms with van der Waals surface area (Å²) in [6.45, 7) is 3.69. The summed E-state index contributed by atoms with van der Waals surface area (Å²) in [5, 5.41) is 3.32. The van der Waals surface area contributed by atoms with Crippen LogP contribution >= 0.6 is 0 Å². The molecule has 2 aliphatic heterocycles. The maximum atomic E-state index is 12.5. The van der Waals surface area contributed by atoms with Crippen molar-refractivity contribution >= 4 is 5.91 Å². The number of fused-ring (bicyclic) bond motifs is 1. The largest absolute Gasteiger partial charge is 0.339 e. The van der Waals surface area contributed by atoms with E-state index in [4.69, 9.17) is 0 Å². The minimum Gasteiger partial charge on any atom is -0.339 e. The Hall–Kier alpha value is -1.35. The van der Waals surface area contributed by atoms with E-state index in [0.29, 0.717) is 0 Å². The van der Waals surface area contributed by atoms with E-state index in [-0.39, 0.29) is 5.91 Å². The molecular weight excluding hydrogens is 224 g/mol. The zero-order chi connectivity index (χ0) is 12.4. The van der Waals surface area contributed by atoms with Gasteiger partial charge in [-0.1, -0.05) is 18.9 Å². The molecule has 1 amide bonds. The summed E-state index contributed by atoms with van der Waals surface area (Å²) in [6.07, 6.45) is 4.83. The van der Waals surface area contributed by atoms with Gasteiger partial charge in [0.15, 0.2) is 0 Å². The molecular formula is C15H20N2O. The van der Waals surface area contributed by atoms with Gasteiger partial charge in [-0.2, -0.15) is 0 Å². The Labute approximate surface area is 108 Å². The predicted molar refractivity (Wildman–Crippen MR) is 71.4 cm³/mol. The molecule has 3 nitrogen and oxygen atoms in total. The number of hydrogen-bond acceptors (Lipinski definition) is 2. The second-order valence-electron chi connectivity index (χ2n) is 5.29. The molecule has 0 radical (unpaired) electrons. The number of benzene rings is 1. The van der Waals surface area contributed by atoms with Crippen molar-refractivity contribution in [2.75, 3.05) is 13.1 Å². The third-order valence-electron chi connectivity index (χ3n) is 3.98. The highest BCUT2D eigenvalue weighted by Crippen LogP contribution is 2.19. The SMILES string of the molecule is O=C(c1ccc2c(c1)CNC2)N1CCCCCC1. The quantitative estimate of drug-likeness (QED) is 0.822. The molecule has 0 atom stereocenters. The van der Waals surface area contributed by atoms with Crippen LogP contribution in [0.4, 0.5) is 0 Å². The third-order valence-corrected chi connectivity index (χ3v) is 3.98. The maximum Gasteiger partial charge on any atom is 0.253 e. The van der Waals surface area contributed by atoms with Crippen LogP contribution in [0.15, 0.2) is 18.2 Å². The van der Waals surface area contributed by atoms with Gasteiger partial charge in [0, 0.05) is 31.7 Å². The van der Waals surface area contributed by atoms with Crippen molar-refractivity contribution < 1.29 is 4.79 Å². The molecule has 0 aliphatic carbocycles. The Balaban J connectivity index is 1.79. The van der Waals surface area contributed by atoms with E-state index in [2.05, 4.69) is 17.4 Å². The second kappa shape index (κ2) is 5.11. The Kier molecular flexibility index (Phi) is 3.33. The molecule has 96 valence electrons. The normalized spacial score (nSPS) is 19.4. The average molecular weight is 244 g/mol. The van der Waals surface area contributed by atoms with Gasteiger partial charge in [0.2, 0.25) is 0 Å². The number of nitrogens with one attached hydrogen (secondary N) is 1. The van der Waals surface area contributed by atoms with Gasteiger partial charge in [0.1, 0.15) is 0 Å². The van der Waals surface area contributed by atoms with E-state index in [0.717, 1.165) is 44.6 Å². The van der Waals surface area contributed by atoms with Crippen molar-refractivity contribution in [3.8, 4) is 0 Å². The lowest BCUT2D eigenvalue weighted by Gasteiger charge is -2.20. The summed E-state index contributed by atoms with van der Waals surface area (Å²) in [5.41, 5.74) is 3.48. The topological polar surface area (TPSA) is 32.3 Å². The van der Waals surface area contributed by atoms with Crippen molar-refractivity contribution in [1.29, 1.82) is 0 Å². The molecule has 3 heteroatoms. The number of carbonyl (C=O) groups excluding carboxylic acids is 1. The molecule has 0 bridgehead atoms. The van der Waals surface area contributed by atoms with Gasteiger partial charge < -0.3 is 10.2 Å². The van der Waals surface area contributed by atoms with Crippen LogP contribution in [-0.2, 0) is 13.1 Å². The summed E-state index contributed by atoms with van der Waals surface area (Å²) in [4.78, 5) is 14.5. The van der Waals surface area contributed by atoms with Crippen molar-refractivity contribution in [3.05, 3.63) is 34.9 Å². The summed E-state index contributed by atoms with van der Waals surface area (Å²) in [5.74, 6) is 0.214. The molecule has 2 aliphatic rings. The zero-order valence-corrected chi connectivity index (χ0v) is 10.7. The molecule has 0 spiro atoms. The van der Waals surface area contributed by atoms with Crippen molar-refractivity contribution in [2.45, 2.75) is 38.8 Å². The van der Waals surface area contributed by atoms with E-state index in [1.165, 1.54) is 24.0 Å². The average Bonchev–Trinajstić information content (AvgIpc) is 2.69. The molecule has 0 saturated carbocycles. The van der Waals surface area contributed by atoms with Gasteiger partial charge >= 0.3 is 0 Å². The molecule has 1 aromatic rings. The van der Waals surface area contributed by atoms with Crippen LogP contribution in [0.3, 0.4) is 0 Å². The molecule has 18 heavy (non-hydrogen) atoms. The Morgan fingerprint density at radius 1 is 1.00 bits per heavy atom. The highest BCUT2D eigenvalue weighted by atomic mass is 16.2. The van der Waals surface area contributed by atoms with Gasteiger partial charge in [-0.05, 0) is 36.1 Å². The van der Waals surface area contributed by atoms with Crippen LogP contribution < -0.4 is 5.32 Å². The fourth-order valence-corrected chi connectivity index (χ4v) is 2.88. The van der Waals surface area contributed by atoms with Crippen LogP contribution in [-0.4, -0.2) is 23.9 Å². The number of nitrogens with zero attached hydrogens (tertiary/aromatic N) is 1. The number of carbonyl (C=O) groups is 1. The van der Waals surface area contributed by atoms with E-state index >= 15 is 0 Å². The number of likely N-dealkylation sites (tertiary alicyclic amines) is 1. The Morgan fingerprint density at radius 2 is 1.72 bits per heavy atom. The second-order valence-corrected chi connectivity index (χ2v) is 5.29. The Morgan fingerprint density at radius 3 is 2.50 bits per heavy atom. The summed E-state index contributed by atoms with van der Waals surface area (Å²) < 4.78 is 0. The van der Waals surface area contributed by atoms with E-state index in [1.54, 1.807) is 0 Å². The Bertz CT molecular complexity index is 448. The molecule has 1 fully saturated rings. The van der Waals surface area contributed by atoms with E-state index < -0.39 is 0 Å². The first kappa shape index (κ1) is 11.7. The highest BCUT2D eigenvalue weighted by molar-refractivity contribution is 5.94. The first-order valence-corrected chi connectivity index (χ1v) is 6.96. The first-order chi connectivity index (χ1) is 8.84. The number of rotatable bonds is 1. The lowest BCUT2D eigenvalue weighted by molar-refractivity contribution is 0.0761. The number of hydrogen-bond donors (Lipinski definition) is 1. The monoisotopic (exact) mass is 244 g/mol. The van der Waals surface area contributed by atoms with Crippen molar-refractivity contribution in [2.24, 2.45) is 0 Å². The lowest BCUT2D eigenvalue weighted by atomic mass is 10.1. The van der Waals surface area contributed by atoms with Crippen LogP contribution in [0.1, 0.15) is 47.2 Å². The predicted octanol–water partition coefficient (Wildman–Crippen LogP) is 2.31. The first-order valence-electron chi connectivity index (χ1n) is 6.96. The zero-order valence-electron chi connectivity index (χ0n) is 10.7. The summed E-state index contributed by atoms with van der Waals surface area (Å²) >= 11 is 0. The molecule has 0 unspecified atom stereocenters. The van der Waals surface area contributed by atoms with Crippen LogP contribution in [0.5, 0.6) is 0 Å². The molecule has 0 aromatic heterocycles. The van der Waals surface area contributed by atoms with Gasteiger partial charge in [0.25, 0.3) is 5.91 Å². The molecule has 2 heterocycles. The molecule has 1 aromatic carbocycles. The maximum absolute atomic E-state index is 12.5. The smallest absolute Gasteiger partial charge is 0.253 e. The summed E-state index contributed by atoms with van der Waals surface area (Å²) in [6, 6.07) is 6.15. The van der Waals surface area contributed by atoms with E-state index in [9.17, 15) is 4.79 Å². The standard InChI is InChI=1S/C15H20N2O/c18-15(17-7-3-1-2-4-8-17)12-5-6-13-10-16-11-14(13)9-12/h5-6,9,16H,1-4,7-8,10-11H2. The van der Waals surface area contributed by atoms with Crippen LogP contribution in [0.2, 0.25) is 0 Å². The molecule has 1 N–H and O–H groups in total. The fraction of sp³-hybridized carbons (Fsp3) is 0.533. The van der Waals surface area contributed by atoms with Gasteiger partial charge in [-0.25, -0.2) is 0 Å².